The maximum absolute atomic E-state index is 12.7. The van der Waals surface area contributed by atoms with Gasteiger partial charge in [-0.3, -0.25) is 4.79 Å². The Balaban J connectivity index is 2.08. The van der Waals surface area contributed by atoms with Crippen LogP contribution >= 0.6 is 11.6 Å². The van der Waals surface area contributed by atoms with E-state index in [1.54, 1.807) is 52.1 Å². The molecule has 0 aliphatic carbocycles. The third-order valence-corrected chi connectivity index (χ3v) is 3.89. The minimum Gasteiger partial charge on any atom is -0.478 e. The first kappa shape index (κ1) is 18.9. The molecule has 0 radical (unpaired) electrons. The molecular formula is C18H20ClNO5. The first-order valence-electron chi connectivity index (χ1n) is 7.63. The highest BCUT2D eigenvalue weighted by Gasteiger charge is 2.33. The largest absolute Gasteiger partial charge is 0.478 e. The number of aryl methyl sites for hydroxylation is 1. The van der Waals surface area contributed by atoms with Gasteiger partial charge in [-0.25, -0.2) is 4.79 Å². The van der Waals surface area contributed by atoms with Gasteiger partial charge in [0.05, 0.1) is 6.54 Å². The molecule has 0 aliphatic rings. The van der Waals surface area contributed by atoms with Crippen molar-refractivity contribution in [2.75, 3.05) is 7.05 Å². The Morgan fingerprint density at radius 1 is 1.28 bits per heavy atom. The monoisotopic (exact) mass is 365 g/mol. The van der Waals surface area contributed by atoms with Crippen LogP contribution in [0.5, 0.6) is 5.75 Å². The lowest BCUT2D eigenvalue weighted by molar-refractivity contribution is -0.144. The zero-order valence-corrected chi connectivity index (χ0v) is 15.3. The van der Waals surface area contributed by atoms with Gasteiger partial charge in [0.25, 0.3) is 5.91 Å². The standard InChI is InChI=1S/C18H20ClNO5/c1-11-15(16(21)22)9-14(24-11)10-20(4)17(23)18(2,3)25-13-7-5-12(19)6-8-13/h5-9H,10H2,1-4H3,(H,21,22). The number of halogens is 1. The van der Waals surface area contributed by atoms with Gasteiger partial charge in [-0.1, -0.05) is 11.6 Å². The molecule has 1 aromatic heterocycles. The van der Waals surface area contributed by atoms with Crippen molar-refractivity contribution in [3.63, 3.8) is 0 Å². The zero-order chi connectivity index (χ0) is 18.8. The fourth-order valence-electron chi connectivity index (χ4n) is 2.44. The maximum atomic E-state index is 12.7. The van der Waals surface area contributed by atoms with E-state index in [0.717, 1.165) is 0 Å². The molecule has 7 heteroatoms. The smallest absolute Gasteiger partial charge is 0.339 e. The second-order valence-electron chi connectivity index (χ2n) is 6.22. The fourth-order valence-corrected chi connectivity index (χ4v) is 2.57. The molecule has 0 fully saturated rings. The molecule has 0 aliphatic heterocycles. The Kier molecular flexibility index (Phi) is 5.42. The van der Waals surface area contributed by atoms with Gasteiger partial charge < -0.3 is 19.2 Å². The van der Waals surface area contributed by atoms with Gasteiger partial charge in [-0.2, -0.15) is 0 Å². The molecule has 134 valence electrons. The molecule has 0 saturated carbocycles. The van der Waals surface area contributed by atoms with Crippen LogP contribution in [0.3, 0.4) is 0 Å². The van der Waals surface area contributed by atoms with Crippen LogP contribution in [0.25, 0.3) is 0 Å². The lowest BCUT2D eigenvalue weighted by Crippen LogP contribution is -2.47. The molecule has 0 atom stereocenters. The molecule has 0 unspecified atom stereocenters. The van der Waals surface area contributed by atoms with Crippen molar-refractivity contribution in [3.05, 3.63) is 52.4 Å². The van der Waals surface area contributed by atoms with Crippen molar-refractivity contribution in [1.82, 2.24) is 4.90 Å². The second-order valence-corrected chi connectivity index (χ2v) is 6.65. The summed E-state index contributed by atoms with van der Waals surface area (Å²) in [6.45, 7) is 5.04. The Labute approximate surface area is 150 Å². The van der Waals surface area contributed by atoms with Crippen LogP contribution in [0.4, 0.5) is 0 Å². The Morgan fingerprint density at radius 2 is 1.88 bits per heavy atom. The Bertz CT molecular complexity index is 779. The number of furan rings is 1. The molecule has 0 saturated heterocycles. The normalized spacial score (nSPS) is 11.2. The van der Waals surface area contributed by atoms with Crippen LogP contribution in [0, 0.1) is 6.92 Å². The Morgan fingerprint density at radius 3 is 2.40 bits per heavy atom. The number of aromatic carboxylic acids is 1. The van der Waals surface area contributed by atoms with Crippen LogP contribution in [0.1, 0.15) is 35.7 Å². The van der Waals surface area contributed by atoms with Gasteiger partial charge in [0.15, 0.2) is 5.60 Å². The predicted molar refractivity (Wildman–Crippen MR) is 93.0 cm³/mol. The van der Waals surface area contributed by atoms with Crippen molar-refractivity contribution in [1.29, 1.82) is 0 Å². The van der Waals surface area contributed by atoms with Crippen molar-refractivity contribution in [3.8, 4) is 5.75 Å². The number of hydrogen-bond acceptors (Lipinski definition) is 4. The average molecular weight is 366 g/mol. The fraction of sp³-hybridized carbons (Fsp3) is 0.333. The molecule has 0 spiro atoms. The number of ether oxygens (including phenoxy) is 1. The summed E-state index contributed by atoms with van der Waals surface area (Å²) in [5, 5.41) is 9.64. The highest BCUT2D eigenvalue weighted by Crippen LogP contribution is 2.23. The number of carbonyl (C=O) groups is 2. The molecule has 1 aromatic carbocycles. The minimum absolute atomic E-state index is 0.0903. The van der Waals surface area contributed by atoms with E-state index in [1.807, 2.05) is 0 Å². The number of nitrogens with zero attached hydrogens (tertiary/aromatic N) is 1. The molecular weight excluding hydrogens is 346 g/mol. The van der Waals surface area contributed by atoms with Crippen molar-refractivity contribution in [2.45, 2.75) is 32.9 Å². The third kappa shape index (κ3) is 4.54. The molecule has 1 amide bonds. The van der Waals surface area contributed by atoms with Crippen molar-refractivity contribution >= 4 is 23.5 Å². The van der Waals surface area contributed by atoms with E-state index < -0.39 is 11.6 Å². The van der Waals surface area contributed by atoms with Crippen LogP contribution in [-0.2, 0) is 11.3 Å². The summed E-state index contributed by atoms with van der Waals surface area (Å²) in [5.41, 5.74) is -1.02. The molecule has 0 bridgehead atoms. The van der Waals surface area contributed by atoms with Gasteiger partial charge in [0, 0.05) is 12.1 Å². The minimum atomic E-state index is -1.11. The summed E-state index contributed by atoms with van der Waals surface area (Å²) in [7, 11) is 1.60. The average Bonchev–Trinajstić information content (AvgIpc) is 2.89. The first-order valence-corrected chi connectivity index (χ1v) is 8.00. The van der Waals surface area contributed by atoms with Gasteiger partial charge in [-0.05, 0) is 51.1 Å². The lowest BCUT2D eigenvalue weighted by atomic mass is 10.1. The maximum Gasteiger partial charge on any atom is 0.339 e. The lowest BCUT2D eigenvalue weighted by Gasteiger charge is -2.29. The van der Waals surface area contributed by atoms with Crippen LogP contribution < -0.4 is 4.74 Å². The molecule has 6 nitrogen and oxygen atoms in total. The van der Waals surface area contributed by atoms with E-state index in [-0.39, 0.29) is 18.0 Å². The summed E-state index contributed by atoms with van der Waals surface area (Å²) < 4.78 is 11.2. The molecule has 1 N–H and O–H groups in total. The van der Waals surface area contributed by atoms with Crippen LogP contribution in [-0.4, -0.2) is 34.5 Å². The number of hydrogen-bond donors (Lipinski definition) is 1. The molecule has 1 heterocycles. The van der Waals surface area contributed by atoms with E-state index in [2.05, 4.69) is 0 Å². The van der Waals surface area contributed by atoms with E-state index in [4.69, 9.17) is 25.9 Å². The first-order chi connectivity index (χ1) is 11.6. The SMILES string of the molecule is Cc1oc(CN(C)C(=O)C(C)(C)Oc2ccc(Cl)cc2)cc1C(=O)O. The number of carboxylic acids is 1. The zero-order valence-electron chi connectivity index (χ0n) is 14.5. The number of carbonyl (C=O) groups excluding carboxylic acids is 1. The summed E-state index contributed by atoms with van der Waals surface area (Å²) in [6, 6.07) is 8.16. The highest BCUT2D eigenvalue weighted by atomic mass is 35.5. The van der Waals surface area contributed by atoms with Gasteiger partial charge >= 0.3 is 5.97 Å². The molecule has 2 aromatic rings. The van der Waals surface area contributed by atoms with Crippen LogP contribution in [0.15, 0.2) is 34.7 Å². The molecule has 2 rings (SSSR count). The highest BCUT2D eigenvalue weighted by molar-refractivity contribution is 6.30. The number of rotatable bonds is 6. The van der Waals surface area contributed by atoms with Crippen molar-refractivity contribution < 1.29 is 23.8 Å². The summed E-state index contributed by atoms with van der Waals surface area (Å²) >= 11 is 5.84. The van der Waals surface area contributed by atoms with Crippen molar-refractivity contribution in [2.24, 2.45) is 0 Å². The summed E-state index contributed by atoms with van der Waals surface area (Å²) in [6.07, 6.45) is 0. The second kappa shape index (κ2) is 7.19. The van der Waals surface area contributed by atoms with E-state index >= 15 is 0 Å². The number of amides is 1. The van der Waals surface area contributed by atoms with E-state index in [1.165, 1.54) is 11.0 Å². The third-order valence-electron chi connectivity index (χ3n) is 3.64. The number of carboxylic acid groups (broad SMARTS) is 1. The topological polar surface area (TPSA) is 80.0 Å². The molecule has 25 heavy (non-hydrogen) atoms. The quantitative estimate of drug-likeness (QED) is 0.843. The predicted octanol–water partition coefficient (Wildman–Crippen LogP) is 3.76. The Hall–Kier alpha value is -2.47. The summed E-state index contributed by atoms with van der Waals surface area (Å²) in [5.74, 6) is -0.104. The van der Waals surface area contributed by atoms with Crippen LogP contribution in [0.2, 0.25) is 5.02 Å². The number of benzene rings is 1. The van der Waals surface area contributed by atoms with Gasteiger partial charge in [-0.15, -0.1) is 0 Å². The van der Waals surface area contributed by atoms with E-state index in [0.29, 0.717) is 22.3 Å². The van der Waals surface area contributed by atoms with Gasteiger partial charge in [0.1, 0.15) is 22.8 Å². The summed E-state index contributed by atoms with van der Waals surface area (Å²) in [4.78, 5) is 25.2. The van der Waals surface area contributed by atoms with Gasteiger partial charge in [0.2, 0.25) is 0 Å². The van der Waals surface area contributed by atoms with E-state index in [9.17, 15) is 9.59 Å². The number of likely N-dealkylation sites (N-methyl/N-ethyl adjacent to an activating group) is 1.